The molecular formula is C21H22N2O. The number of aryl methyl sites for hydroxylation is 2. The molecule has 3 aromatic rings. The molecule has 0 aliphatic heterocycles. The summed E-state index contributed by atoms with van der Waals surface area (Å²) in [6.07, 6.45) is 5.41. The third kappa shape index (κ3) is 2.71. The number of aromatic amines is 1. The van der Waals surface area contributed by atoms with Gasteiger partial charge in [-0.15, -0.1) is 0 Å². The van der Waals surface area contributed by atoms with Crippen LogP contribution in [0.2, 0.25) is 0 Å². The first kappa shape index (κ1) is 15.0. The third-order valence-electron chi connectivity index (χ3n) is 5.21. The van der Waals surface area contributed by atoms with Gasteiger partial charge in [0.1, 0.15) is 0 Å². The molecule has 4 rings (SSSR count). The lowest BCUT2D eigenvalue weighted by Crippen LogP contribution is -2.30. The molecule has 1 unspecified atom stereocenters. The average molecular weight is 318 g/mol. The minimum atomic E-state index is 0.228. The molecule has 122 valence electrons. The Bertz CT molecular complexity index is 880. The fraction of sp³-hybridized carbons (Fsp3) is 0.286. The van der Waals surface area contributed by atoms with Crippen LogP contribution in [0.5, 0.6) is 0 Å². The van der Waals surface area contributed by atoms with E-state index in [1.807, 2.05) is 18.1 Å². The smallest absolute Gasteiger partial charge is 0.223 e. The molecule has 1 N–H and O–H groups in total. The highest BCUT2D eigenvalue weighted by molar-refractivity contribution is 5.80. The van der Waals surface area contributed by atoms with Gasteiger partial charge < -0.3 is 9.88 Å². The number of amides is 1. The van der Waals surface area contributed by atoms with Crippen LogP contribution in [-0.2, 0) is 17.6 Å². The topological polar surface area (TPSA) is 36.1 Å². The Labute approximate surface area is 142 Å². The van der Waals surface area contributed by atoms with E-state index in [2.05, 4.69) is 53.5 Å². The van der Waals surface area contributed by atoms with Crippen LogP contribution in [0.3, 0.4) is 0 Å². The molecule has 1 aromatic heterocycles. The summed E-state index contributed by atoms with van der Waals surface area (Å²) in [6.45, 7) is 0. The molecule has 1 aliphatic rings. The number of H-pyrrole nitrogens is 1. The number of hydrogen-bond donors (Lipinski definition) is 1. The fourth-order valence-electron chi connectivity index (χ4n) is 3.80. The van der Waals surface area contributed by atoms with Crippen molar-refractivity contribution in [2.75, 3.05) is 7.05 Å². The zero-order chi connectivity index (χ0) is 16.5. The lowest BCUT2D eigenvalue weighted by Gasteiger charge is -2.25. The van der Waals surface area contributed by atoms with Crippen LogP contribution in [0.25, 0.3) is 10.9 Å². The van der Waals surface area contributed by atoms with Crippen LogP contribution in [0.1, 0.15) is 35.6 Å². The van der Waals surface area contributed by atoms with Crippen molar-refractivity contribution in [2.45, 2.75) is 31.7 Å². The molecule has 2 aromatic carbocycles. The Hall–Kier alpha value is -2.55. The second-order valence-corrected chi connectivity index (χ2v) is 6.66. The Morgan fingerprint density at radius 1 is 1.21 bits per heavy atom. The van der Waals surface area contributed by atoms with Gasteiger partial charge in [-0.1, -0.05) is 30.3 Å². The maximum Gasteiger partial charge on any atom is 0.223 e. The van der Waals surface area contributed by atoms with Gasteiger partial charge in [0.25, 0.3) is 0 Å². The van der Waals surface area contributed by atoms with Crippen molar-refractivity contribution >= 4 is 16.8 Å². The molecule has 1 atom stereocenters. The van der Waals surface area contributed by atoms with E-state index in [-0.39, 0.29) is 11.9 Å². The second kappa shape index (κ2) is 6.16. The minimum Gasteiger partial charge on any atom is -0.361 e. The molecule has 24 heavy (non-hydrogen) atoms. The maximum atomic E-state index is 12.6. The van der Waals surface area contributed by atoms with E-state index in [0.29, 0.717) is 6.42 Å². The Kier molecular flexibility index (Phi) is 3.85. The number of benzene rings is 2. The Morgan fingerprint density at radius 3 is 3.00 bits per heavy atom. The van der Waals surface area contributed by atoms with Crippen molar-refractivity contribution in [3.63, 3.8) is 0 Å². The zero-order valence-electron chi connectivity index (χ0n) is 14.0. The quantitative estimate of drug-likeness (QED) is 0.767. The Balaban J connectivity index is 1.42. The van der Waals surface area contributed by atoms with E-state index >= 15 is 0 Å². The van der Waals surface area contributed by atoms with Crippen molar-refractivity contribution in [1.82, 2.24) is 9.88 Å². The van der Waals surface area contributed by atoms with Gasteiger partial charge in [-0.05, 0) is 59.5 Å². The molecule has 0 radical (unpaired) electrons. The number of aromatic nitrogens is 1. The van der Waals surface area contributed by atoms with Gasteiger partial charge >= 0.3 is 0 Å². The first-order chi connectivity index (χ1) is 11.7. The van der Waals surface area contributed by atoms with Crippen LogP contribution in [0.15, 0.2) is 54.7 Å². The van der Waals surface area contributed by atoms with Crippen molar-refractivity contribution in [3.8, 4) is 0 Å². The second-order valence-electron chi connectivity index (χ2n) is 6.66. The number of fused-ring (bicyclic) bond motifs is 2. The van der Waals surface area contributed by atoms with Crippen molar-refractivity contribution < 1.29 is 4.79 Å². The van der Waals surface area contributed by atoms with Crippen LogP contribution >= 0.6 is 0 Å². The molecule has 1 heterocycles. The summed E-state index contributed by atoms with van der Waals surface area (Å²) in [5.74, 6) is 0.228. The SMILES string of the molecule is CN(C(=O)CCc1ccc2[nH]ccc2c1)C1CCc2ccccc21. The lowest BCUT2D eigenvalue weighted by atomic mass is 10.0. The number of carbonyl (C=O) groups excluding carboxylic acids is 1. The highest BCUT2D eigenvalue weighted by atomic mass is 16.2. The molecule has 0 saturated heterocycles. The molecule has 3 nitrogen and oxygen atoms in total. The number of hydrogen-bond acceptors (Lipinski definition) is 1. The third-order valence-corrected chi connectivity index (χ3v) is 5.21. The van der Waals surface area contributed by atoms with Gasteiger partial charge in [0, 0.05) is 25.2 Å². The highest BCUT2D eigenvalue weighted by Gasteiger charge is 2.27. The predicted molar refractivity (Wildman–Crippen MR) is 96.9 cm³/mol. The summed E-state index contributed by atoms with van der Waals surface area (Å²) in [7, 11) is 1.95. The van der Waals surface area contributed by atoms with Gasteiger partial charge in [-0.3, -0.25) is 4.79 Å². The minimum absolute atomic E-state index is 0.228. The standard InChI is InChI=1S/C21H22N2O/c1-23(20-10-8-16-4-2-3-5-18(16)20)21(24)11-7-15-6-9-19-17(14-15)12-13-22-19/h2-6,9,12-14,20,22H,7-8,10-11H2,1H3. The predicted octanol–water partition coefficient (Wildman–Crippen LogP) is 4.25. The van der Waals surface area contributed by atoms with Crippen LogP contribution < -0.4 is 0 Å². The molecule has 1 amide bonds. The van der Waals surface area contributed by atoms with Crippen LogP contribution in [-0.4, -0.2) is 22.8 Å². The maximum absolute atomic E-state index is 12.6. The summed E-state index contributed by atoms with van der Waals surface area (Å²) >= 11 is 0. The number of nitrogens with one attached hydrogen (secondary N) is 1. The van der Waals surface area contributed by atoms with Crippen molar-refractivity contribution in [2.24, 2.45) is 0 Å². The number of rotatable bonds is 4. The molecular weight excluding hydrogens is 296 g/mol. The Morgan fingerprint density at radius 2 is 2.08 bits per heavy atom. The van der Waals surface area contributed by atoms with E-state index < -0.39 is 0 Å². The van der Waals surface area contributed by atoms with E-state index in [9.17, 15) is 4.79 Å². The summed E-state index contributed by atoms with van der Waals surface area (Å²) in [5, 5.41) is 1.21. The van der Waals surface area contributed by atoms with E-state index in [1.165, 1.54) is 22.1 Å². The normalized spacial score (nSPS) is 16.3. The summed E-state index contributed by atoms with van der Waals surface area (Å²) < 4.78 is 0. The van der Waals surface area contributed by atoms with Crippen molar-refractivity contribution in [1.29, 1.82) is 0 Å². The van der Waals surface area contributed by atoms with Gasteiger partial charge in [-0.2, -0.15) is 0 Å². The first-order valence-electron chi connectivity index (χ1n) is 8.62. The average Bonchev–Trinajstić information content (AvgIpc) is 3.25. The van der Waals surface area contributed by atoms with E-state index in [4.69, 9.17) is 0 Å². The molecule has 1 aliphatic carbocycles. The van der Waals surface area contributed by atoms with E-state index in [1.54, 1.807) is 0 Å². The van der Waals surface area contributed by atoms with Crippen LogP contribution in [0.4, 0.5) is 0 Å². The molecule has 0 spiro atoms. The number of nitrogens with zero attached hydrogens (tertiary/aromatic N) is 1. The van der Waals surface area contributed by atoms with Gasteiger partial charge in [0.2, 0.25) is 5.91 Å². The van der Waals surface area contributed by atoms with Crippen LogP contribution in [0, 0.1) is 0 Å². The summed E-state index contributed by atoms with van der Waals surface area (Å²) in [6, 6.07) is 17.2. The van der Waals surface area contributed by atoms with Crippen molar-refractivity contribution in [3.05, 3.63) is 71.4 Å². The zero-order valence-corrected chi connectivity index (χ0v) is 14.0. The molecule has 0 bridgehead atoms. The lowest BCUT2D eigenvalue weighted by molar-refractivity contribution is -0.132. The molecule has 3 heteroatoms. The van der Waals surface area contributed by atoms with Gasteiger partial charge in [-0.25, -0.2) is 0 Å². The van der Waals surface area contributed by atoms with Gasteiger partial charge in [0.15, 0.2) is 0 Å². The molecule has 0 saturated carbocycles. The summed E-state index contributed by atoms with van der Waals surface area (Å²) in [4.78, 5) is 17.8. The number of carbonyl (C=O) groups is 1. The van der Waals surface area contributed by atoms with E-state index in [0.717, 1.165) is 24.8 Å². The first-order valence-corrected chi connectivity index (χ1v) is 8.62. The molecule has 0 fully saturated rings. The summed E-state index contributed by atoms with van der Waals surface area (Å²) in [5.41, 5.74) is 5.07. The largest absolute Gasteiger partial charge is 0.361 e. The fourth-order valence-corrected chi connectivity index (χ4v) is 3.80. The van der Waals surface area contributed by atoms with Gasteiger partial charge in [0.05, 0.1) is 6.04 Å². The highest BCUT2D eigenvalue weighted by Crippen LogP contribution is 2.35. The monoisotopic (exact) mass is 318 g/mol.